The fourth-order valence-electron chi connectivity index (χ4n) is 3.18. The first-order chi connectivity index (χ1) is 18.0. The molecule has 1 heterocycles. The Balaban J connectivity index is 0.00000118. The molecule has 0 saturated carbocycles. The van der Waals surface area contributed by atoms with Crippen molar-refractivity contribution < 1.29 is 32.2 Å². The fraction of sp³-hybridized carbons (Fsp3) is 0.320. The van der Waals surface area contributed by atoms with Gasteiger partial charge in [0.15, 0.2) is 11.6 Å². The van der Waals surface area contributed by atoms with E-state index in [2.05, 4.69) is 25.6 Å². The second-order valence-electron chi connectivity index (χ2n) is 7.60. The van der Waals surface area contributed by atoms with E-state index in [1.165, 1.54) is 24.3 Å². The molecule has 0 saturated heterocycles. The molecule has 1 amide bonds. The van der Waals surface area contributed by atoms with Crippen LogP contribution in [-0.4, -0.2) is 47.8 Å². The number of carbonyl (C=O) groups excluding carboxylic acids is 1. The van der Waals surface area contributed by atoms with Crippen molar-refractivity contribution in [2.45, 2.75) is 26.9 Å². The van der Waals surface area contributed by atoms with Crippen molar-refractivity contribution in [1.29, 1.82) is 0 Å². The van der Waals surface area contributed by atoms with Gasteiger partial charge in [-0.15, -0.1) is 0 Å². The van der Waals surface area contributed by atoms with Crippen molar-refractivity contribution in [1.82, 2.24) is 15.4 Å². The third-order valence-electron chi connectivity index (χ3n) is 5.23. The monoisotopic (exact) mass is 557 g/mol. The van der Waals surface area contributed by atoms with Crippen molar-refractivity contribution in [3.05, 3.63) is 64.6 Å². The largest absolute Gasteiger partial charge is 0.506 e. The van der Waals surface area contributed by atoms with Crippen molar-refractivity contribution >= 4 is 29.3 Å². The Morgan fingerprint density at radius 1 is 1.16 bits per heavy atom. The van der Waals surface area contributed by atoms with Gasteiger partial charge in [0.1, 0.15) is 5.75 Å². The topological polar surface area (TPSA) is 99.6 Å². The van der Waals surface area contributed by atoms with Crippen LogP contribution in [0.2, 0.25) is 5.02 Å². The molecule has 2 aromatic carbocycles. The minimum atomic E-state index is -4.55. The lowest BCUT2D eigenvalue weighted by molar-refractivity contribution is -0.137. The maximum atomic E-state index is 14.0. The van der Waals surface area contributed by atoms with E-state index >= 15 is 0 Å². The van der Waals surface area contributed by atoms with Crippen molar-refractivity contribution in [2.75, 3.05) is 37.1 Å². The molecule has 0 aliphatic rings. The number of hydrogen-bond donors (Lipinski definition) is 3. The molecule has 0 unspecified atom stereocenters. The van der Waals surface area contributed by atoms with E-state index in [9.17, 15) is 27.5 Å². The van der Waals surface area contributed by atoms with E-state index in [1.54, 1.807) is 12.0 Å². The lowest BCUT2D eigenvalue weighted by atomic mass is 10.0. The lowest BCUT2D eigenvalue weighted by Gasteiger charge is -2.20. The van der Waals surface area contributed by atoms with Crippen LogP contribution < -0.4 is 15.8 Å². The molecular weight excluding hydrogens is 530 g/mol. The van der Waals surface area contributed by atoms with Gasteiger partial charge in [0.05, 0.1) is 22.3 Å². The summed E-state index contributed by atoms with van der Waals surface area (Å²) in [6.45, 7) is 7.44. The predicted molar refractivity (Wildman–Crippen MR) is 138 cm³/mol. The number of nitrogens with zero attached hydrogens (tertiary/aromatic N) is 3. The average Bonchev–Trinajstić information content (AvgIpc) is 2.90. The van der Waals surface area contributed by atoms with Crippen LogP contribution >= 0.6 is 11.6 Å². The SMILES string of the molecule is CCN(CC)c1nc(NNC(=O)c2ccc(-c3cccc(C(F)(F)F)c3)c(Cl)c2O)ncc1F.CCOC. The lowest BCUT2D eigenvalue weighted by Crippen LogP contribution is -2.31. The highest BCUT2D eigenvalue weighted by atomic mass is 35.5. The molecule has 13 heteroatoms. The molecule has 0 spiro atoms. The molecule has 0 aliphatic carbocycles. The minimum absolute atomic E-state index is 0.0491. The highest BCUT2D eigenvalue weighted by Gasteiger charge is 2.30. The van der Waals surface area contributed by atoms with Gasteiger partial charge in [-0.05, 0) is 44.5 Å². The zero-order chi connectivity index (χ0) is 28.5. The van der Waals surface area contributed by atoms with Crippen LogP contribution in [-0.2, 0) is 10.9 Å². The first-order valence-corrected chi connectivity index (χ1v) is 11.9. The highest BCUT2D eigenvalue weighted by Crippen LogP contribution is 2.39. The molecule has 0 atom stereocenters. The number of nitrogens with one attached hydrogen (secondary N) is 2. The summed E-state index contributed by atoms with van der Waals surface area (Å²) >= 11 is 6.16. The van der Waals surface area contributed by atoms with E-state index in [1.807, 2.05) is 20.8 Å². The summed E-state index contributed by atoms with van der Waals surface area (Å²) in [5, 5.41) is 10.1. The van der Waals surface area contributed by atoms with Gasteiger partial charge in [-0.3, -0.25) is 15.6 Å². The second-order valence-corrected chi connectivity index (χ2v) is 7.97. The molecule has 3 rings (SSSR count). The second kappa shape index (κ2) is 13.8. The molecule has 0 bridgehead atoms. The normalized spacial score (nSPS) is 10.9. The molecular formula is C25H28ClF4N5O3. The van der Waals surface area contributed by atoms with Crippen LogP contribution in [0.3, 0.4) is 0 Å². The van der Waals surface area contributed by atoms with E-state index in [-0.39, 0.29) is 33.5 Å². The van der Waals surface area contributed by atoms with Crippen LogP contribution in [0.5, 0.6) is 5.75 Å². The number of hydrazine groups is 1. The number of carbonyl (C=O) groups is 1. The summed E-state index contributed by atoms with van der Waals surface area (Å²) in [4.78, 5) is 22.0. The zero-order valence-corrected chi connectivity index (χ0v) is 21.9. The van der Waals surface area contributed by atoms with Crippen LogP contribution in [0.1, 0.15) is 36.7 Å². The number of alkyl halides is 3. The molecule has 206 valence electrons. The maximum absolute atomic E-state index is 14.0. The number of anilines is 2. The zero-order valence-electron chi connectivity index (χ0n) is 21.2. The van der Waals surface area contributed by atoms with Gasteiger partial charge in [0.25, 0.3) is 5.91 Å². The van der Waals surface area contributed by atoms with E-state index < -0.39 is 29.2 Å². The van der Waals surface area contributed by atoms with Gasteiger partial charge >= 0.3 is 6.18 Å². The molecule has 0 aliphatic heterocycles. The third kappa shape index (κ3) is 7.68. The smallest absolute Gasteiger partial charge is 0.416 e. The number of phenolic OH excluding ortho intramolecular Hbond substituents is 1. The maximum Gasteiger partial charge on any atom is 0.416 e. The molecule has 0 radical (unpaired) electrons. The number of aromatic nitrogens is 2. The van der Waals surface area contributed by atoms with Crippen LogP contribution in [0, 0.1) is 5.82 Å². The van der Waals surface area contributed by atoms with Gasteiger partial charge in [0.2, 0.25) is 5.95 Å². The highest BCUT2D eigenvalue weighted by molar-refractivity contribution is 6.35. The Bertz CT molecular complexity index is 1240. The minimum Gasteiger partial charge on any atom is -0.506 e. The number of phenols is 1. The molecule has 3 N–H and O–H groups in total. The predicted octanol–water partition coefficient (Wildman–Crippen LogP) is 5.92. The average molecular weight is 558 g/mol. The summed E-state index contributed by atoms with van der Waals surface area (Å²) in [6, 6.07) is 6.94. The van der Waals surface area contributed by atoms with Crippen LogP contribution in [0.4, 0.5) is 29.3 Å². The van der Waals surface area contributed by atoms with Gasteiger partial charge in [-0.25, -0.2) is 9.37 Å². The summed E-state index contributed by atoms with van der Waals surface area (Å²) in [7, 11) is 1.68. The summed E-state index contributed by atoms with van der Waals surface area (Å²) < 4.78 is 57.6. The third-order valence-corrected chi connectivity index (χ3v) is 5.61. The first-order valence-electron chi connectivity index (χ1n) is 11.5. The van der Waals surface area contributed by atoms with Crippen molar-refractivity contribution in [3.63, 3.8) is 0 Å². The number of benzene rings is 2. The Hall–Kier alpha value is -3.64. The molecule has 3 aromatic rings. The van der Waals surface area contributed by atoms with Crippen LogP contribution in [0.25, 0.3) is 11.1 Å². The Kier molecular flexibility index (Phi) is 11.1. The quantitative estimate of drug-likeness (QED) is 0.234. The number of ether oxygens (including phenoxy) is 1. The number of methoxy groups -OCH3 is 1. The van der Waals surface area contributed by atoms with E-state index in [0.717, 1.165) is 24.9 Å². The van der Waals surface area contributed by atoms with Gasteiger partial charge < -0.3 is 14.7 Å². The Morgan fingerprint density at radius 3 is 2.39 bits per heavy atom. The fourth-order valence-corrected chi connectivity index (χ4v) is 3.45. The summed E-state index contributed by atoms with van der Waals surface area (Å²) in [6.07, 6.45) is -3.60. The standard InChI is InChI=1S/C22H20ClF4N5O2.C3H8O/c1-3-32(4-2)19-16(24)11-28-21(29-19)31-30-20(34)15-9-8-14(17(23)18(15)33)12-6-5-7-13(10-12)22(25,26)27;1-3-4-2/h5-11,33H,3-4H2,1-2H3,(H,30,34)(H,28,29,31);3H2,1-2H3. The molecule has 8 nitrogen and oxygen atoms in total. The van der Waals surface area contributed by atoms with Crippen LogP contribution in [0.15, 0.2) is 42.6 Å². The summed E-state index contributed by atoms with van der Waals surface area (Å²) in [5.41, 5.74) is 3.80. The Labute approximate surface area is 222 Å². The first kappa shape index (κ1) is 30.6. The molecule has 0 fully saturated rings. The Morgan fingerprint density at radius 2 is 1.82 bits per heavy atom. The number of aromatic hydroxyl groups is 1. The number of amides is 1. The van der Waals surface area contributed by atoms with Crippen molar-refractivity contribution in [2.24, 2.45) is 0 Å². The summed E-state index contributed by atoms with van der Waals surface area (Å²) in [5.74, 6) is -2.13. The molecule has 38 heavy (non-hydrogen) atoms. The van der Waals surface area contributed by atoms with Gasteiger partial charge in [-0.1, -0.05) is 29.8 Å². The molecule has 1 aromatic heterocycles. The number of hydrogen-bond acceptors (Lipinski definition) is 7. The number of rotatable bonds is 8. The van der Waals surface area contributed by atoms with Gasteiger partial charge in [-0.2, -0.15) is 18.2 Å². The van der Waals surface area contributed by atoms with E-state index in [0.29, 0.717) is 13.1 Å². The van der Waals surface area contributed by atoms with Crippen molar-refractivity contribution in [3.8, 4) is 16.9 Å². The van der Waals surface area contributed by atoms with E-state index in [4.69, 9.17) is 11.6 Å². The number of halogens is 5. The van der Waals surface area contributed by atoms with Gasteiger partial charge in [0, 0.05) is 32.4 Å².